The fourth-order valence-corrected chi connectivity index (χ4v) is 10.1. The van der Waals surface area contributed by atoms with Crippen molar-refractivity contribution in [1.29, 1.82) is 0 Å². The van der Waals surface area contributed by atoms with Gasteiger partial charge in [0.25, 0.3) is 0 Å². The van der Waals surface area contributed by atoms with Crippen LogP contribution in [0.15, 0.2) is 42.5 Å². The van der Waals surface area contributed by atoms with Crippen LogP contribution in [-0.2, 0) is 20.4 Å². The number of hydrogen-bond donors (Lipinski definition) is 0. The molecular weight excluding hydrogens is 482 g/mol. The molecule has 2 aliphatic carbocycles. The maximum Gasteiger partial charge on any atom is 0.130 e. The van der Waals surface area contributed by atoms with E-state index in [-0.39, 0.29) is 20.4 Å². The quantitative estimate of drug-likeness (QED) is 0.307. The van der Waals surface area contributed by atoms with Crippen LogP contribution in [0.2, 0.25) is 0 Å². The van der Waals surface area contributed by atoms with Crippen LogP contribution >= 0.6 is 7.92 Å². The van der Waals surface area contributed by atoms with E-state index in [1.807, 2.05) is 6.07 Å². The predicted octanol–water partition coefficient (Wildman–Crippen LogP) is 6.87. The van der Waals surface area contributed by atoms with Crippen molar-refractivity contribution in [2.75, 3.05) is 14.2 Å². The Kier molecular flexibility index (Phi) is 9.25. The van der Waals surface area contributed by atoms with Crippen molar-refractivity contribution >= 4 is 13.2 Å². The average Bonchev–Trinajstić information content (AvgIpc) is 2.80. The molecule has 0 saturated heterocycles. The number of methoxy groups -OCH3 is 2. The molecule has 0 heterocycles. The Morgan fingerprint density at radius 2 is 1.17 bits per heavy atom. The van der Waals surface area contributed by atoms with Gasteiger partial charge in [0.2, 0.25) is 0 Å². The van der Waals surface area contributed by atoms with Crippen molar-refractivity contribution < 1.29 is 29.9 Å². The zero-order chi connectivity index (χ0) is 20.1. The van der Waals surface area contributed by atoms with Crippen LogP contribution in [0.1, 0.15) is 64.2 Å². The third kappa shape index (κ3) is 5.12. The average molecular weight is 518 g/mol. The second-order valence-electron chi connectivity index (χ2n) is 8.71. The van der Waals surface area contributed by atoms with Gasteiger partial charge in [-0.15, -0.1) is 0 Å². The van der Waals surface area contributed by atoms with Crippen LogP contribution < -0.4 is 14.8 Å². The monoisotopic (exact) mass is 517 g/mol. The minimum absolute atomic E-state index is 0. The molecule has 30 heavy (non-hydrogen) atoms. The fraction of sp³-hybridized carbons (Fsp3) is 0.538. The van der Waals surface area contributed by atoms with Crippen LogP contribution in [0.5, 0.6) is 11.5 Å². The van der Waals surface area contributed by atoms with Gasteiger partial charge < -0.3 is 9.47 Å². The van der Waals surface area contributed by atoms with E-state index in [1.165, 1.54) is 69.8 Å². The smallest absolute Gasteiger partial charge is 0.130 e. The molecule has 2 fully saturated rings. The Labute approximate surface area is 197 Å². The molecule has 2 saturated carbocycles. The van der Waals surface area contributed by atoms with E-state index in [9.17, 15) is 0 Å². The Bertz CT molecular complexity index is 757. The molecule has 4 rings (SSSR count). The number of rotatable bonds is 6. The fourth-order valence-electron chi connectivity index (χ4n) is 5.67. The van der Waals surface area contributed by atoms with E-state index in [4.69, 9.17) is 9.47 Å². The first-order chi connectivity index (χ1) is 14.3. The molecule has 4 heteroatoms. The second kappa shape index (κ2) is 11.7. The minimum atomic E-state index is -0.660. The van der Waals surface area contributed by atoms with Gasteiger partial charge >= 0.3 is 0 Å². The molecule has 2 aromatic carbocycles. The van der Waals surface area contributed by atoms with Crippen molar-refractivity contribution in [1.82, 2.24) is 0 Å². The second-order valence-corrected chi connectivity index (χ2v) is 11.8. The molecule has 0 aromatic heterocycles. The van der Waals surface area contributed by atoms with Gasteiger partial charge in [-0.1, -0.05) is 37.1 Å². The molecule has 0 unspecified atom stereocenters. The zero-order valence-electron chi connectivity index (χ0n) is 18.4. The molecular formula is C26H36O2PPd+. The topological polar surface area (TPSA) is 18.5 Å². The largest absolute Gasteiger partial charge is 0.496 e. The van der Waals surface area contributed by atoms with Crippen LogP contribution in [0, 0.1) is 0 Å². The molecule has 0 atom stereocenters. The Morgan fingerprint density at radius 1 is 0.667 bits per heavy atom. The molecule has 0 bridgehead atoms. The Hall–Kier alpha value is -0.868. The van der Waals surface area contributed by atoms with Crippen LogP contribution in [0.4, 0.5) is 0 Å². The van der Waals surface area contributed by atoms with Crippen molar-refractivity contribution in [3.05, 3.63) is 42.5 Å². The summed E-state index contributed by atoms with van der Waals surface area (Å²) in [5.41, 5.74) is 4.33. The summed E-state index contributed by atoms with van der Waals surface area (Å²) in [6, 6.07) is 15.4. The molecule has 2 aromatic rings. The molecule has 2 nitrogen and oxygen atoms in total. The SMILES string of the molecule is COc1cccc(OC)c1-c1ccccc1[PH+](C1CCCCC1)C1CCCCC1.[Pd]. The van der Waals surface area contributed by atoms with Gasteiger partial charge in [0.05, 0.1) is 31.1 Å². The van der Waals surface area contributed by atoms with Crippen LogP contribution in [0.25, 0.3) is 11.1 Å². The van der Waals surface area contributed by atoms with E-state index >= 15 is 0 Å². The van der Waals surface area contributed by atoms with Gasteiger partial charge in [0, 0.05) is 33.9 Å². The normalized spacial score (nSPS) is 18.1. The summed E-state index contributed by atoms with van der Waals surface area (Å²) in [5, 5.41) is 1.62. The summed E-state index contributed by atoms with van der Waals surface area (Å²) in [5.74, 6) is 1.84. The van der Waals surface area contributed by atoms with Gasteiger partial charge in [-0.3, -0.25) is 0 Å². The Balaban J connectivity index is 0.00000256. The van der Waals surface area contributed by atoms with E-state index in [0.717, 1.165) is 28.4 Å². The summed E-state index contributed by atoms with van der Waals surface area (Å²) in [6.07, 6.45) is 14.3. The van der Waals surface area contributed by atoms with Gasteiger partial charge in [0.1, 0.15) is 16.8 Å². The van der Waals surface area contributed by atoms with Gasteiger partial charge in [-0.2, -0.15) is 0 Å². The number of hydrogen-bond acceptors (Lipinski definition) is 2. The van der Waals surface area contributed by atoms with Gasteiger partial charge in [0.15, 0.2) is 0 Å². The van der Waals surface area contributed by atoms with Crippen LogP contribution in [0.3, 0.4) is 0 Å². The first kappa shape index (κ1) is 23.8. The first-order valence-corrected chi connectivity index (χ1v) is 13.2. The standard InChI is InChI=1S/C26H35O2P.Pd/c1-27-23-17-11-18-24(28-2)26(23)22-16-9-10-19-25(22)29(20-12-5-3-6-13-20)21-14-7-4-8-15-21;/h9-11,16-21H,3-8,12-15H2,1-2H3;/p+1. The summed E-state index contributed by atoms with van der Waals surface area (Å²) < 4.78 is 11.6. The molecule has 2 aliphatic rings. The molecule has 0 aliphatic heterocycles. The van der Waals surface area contributed by atoms with Gasteiger partial charge in [-0.25, -0.2) is 0 Å². The van der Waals surface area contributed by atoms with Crippen LogP contribution in [-0.4, -0.2) is 25.5 Å². The summed E-state index contributed by atoms with van der Waals surface area (Å²) in [4.78, 5) is 0. The molecule has 0 N–H and O–H groups in total. The van der Waals surface area contributed by atoms with E-state index in [2.05, 4.69) is 36.4 Å². The molecule has 0 amide bonds. The predicted molar refractivity (Wildman–Crippen MR) is 127 cm³/mol. The maximum absolute atomic E-state index is 5.80. The number of ether oxygens (including phenoxy) is 2. The van der Waals surface area contributed by atoms with E-state index in [1.54, 1.807) is 19.5 Å². The summed E-state index contributed by atoms with van der Waals surface area (Å²) in [7, 11) is 2.89. The third-order valence-electron chi connectivity index (χ3n) is 7.03. The number of benzene rings is 2. The third-order valence-corrected chi connectivity index (χ3v) is 11.0. The van der Waals surface area contributed by atoms with Gasteiger partial charge in [-0.05, 0) is 69.6 Å². The van der Waals surface area contributed by atoms with Crippen molar-refractivity contribution in [3.63, 3.8) is 0 Å². The minimum Gasteiger partial charge on any atom is -0.496 e. The summed E-state index contributed by atoms with van der Waals surface area (Å²) in [6.45, 7) is 0. The molecule has 0 spiro atoms. The Morgan fingerprint density at radius 3 is 1.67 bits per heavy atom. The summed E-state index contributed by atoms with van der Waals surface area (Å²) >= 11 is 0. The first-order valence-electron chi connectivity index (χ1n) is 11.5. The molecule has 0 radical (unpaired) electrons. The van der Waals surface area contributed by atoms with Crippen molar-refractivity contribution in [2.45, 2.75) is 75.5 Å². The maximum atomic E-state index is 5.80. The van der Waals surface area contributed by atoms with E-state index in [0.29, 0.717) is 0 Å². The van der Waals surface area contributed by atoms with Crippen molar-refractivity contribution in [2.24, 2.45) is 0 Å². The zero-order valence-corrected chi connectivity index (χ0v) is 21.0. The van der Waals surface area contributed by atoms with E-state index < -0.39 is 7.92 Å². The van der Waals surface area contributed by atoms with Crippen molar-refractivity contribution in [3.8, 4) is 22.6 Å². The molecule has 166 valence electrons.